The second kappa shape index (κ2) is 4.70. The van der Waals surface area contributed by atoms with Gasteiger partial charge < -0.3 is 0 Å². The van der Waals surface area contributed by atoms with Gasteiger partial charge in [-0.3, -0.25) is 0 Å². The van der Waals surface area contributed by atoms with Crippen molar-refractivity contribution in [3.63, 3.8) is 0 Å². The van der Waals surface area contributed by atoms with Crippen LogP contribution in [0.5, 0.6) is 0 Å². The van der Waals surface area contributed by atoms with E-state index in [1.807, 2.05) is 13.8 Å². The molecule has 1 rings (SSSR count). The molecule has 0 amide bonds. The van der Waals surface area contributed by atoms with Gasteiger partial charge in [0.1, 0.15) is 5.82 Å². The van der Waals surface area contributed by atoms with Crippen molar-refractivity contribution in [1.29, 1.82) is 0 Å². The van der Waals surface area contributed by atoms with Crippen LogP contribution in [0.1, 0.15) is 30.6 Å². The lowest BCUT2D eigenvalue weighted by Gasteiger charge is -2.06. The van der Waals surface area contributed by atoms with Crippen molar-refractivity contribution in [2.24, 2.45) is 0 Å². The summed E-state index contributed by atoms with van der Waals surface area (Å²) in [7, 11) is 0. The molecule has 0 aliphatic rings. The molecule has 1 heterocycles. The van der Waals surface area contributed by atoms with Gasteiger partial charge in [0, 0.05) is 22.6 Å². The first-order valence-corrected chi connectivity index (χ1v) is 5.48. The van der Waals surface area contributed by atoms with Gasteiger partial charge in [-0.05, 0) is 26.3 Å². The van der Waals surface area contributed by atoms with Crippen LogP contribution in [-0.2, 0) is 6.42 Å². The minimum Gasteiger partial charge on any atom is -0.239 e. The molecule has 3 heteroatoms. The first-order valence-electron chi connectivity index (χ1n) is 4.57. The summed E-state index contributed by atoms with van der Waals surface area (Å²) in [5.41, 5.74) is 2.19. The largest absolute Gasteiger partial charge is 0.239 e. The first kappa shape index (κ1) is 10.6. The van der Waals surface area contributed by atoms with Crippen molar-refractivity contribution in [1.82, 2.24) is 9.97 Å². The molecule has 0 aliphatic heterocycles. The van der Waals surface area contributed by atoms with Crippen LogP contribution in [0.4, 0.5) is 0 Å². The highest BCUT2D eigenvalue weighted by atomic mass is 79.9. The Hall–Kier alpha value is -0.440. The van der Waals surface area contributed by atoms with E-state index in [2.05, 4.69) is 38.9 Å². The van der Waals surface area contributed by atoms with Crippen LogP contribution >= 0.6 is 15.9 Å². The van der Waals surface area contributed by atoms with Crippen LogP contribution in [-0.4, -0.2) is 14.8 Å². The summed E-state index contributed by atoms with van der Waals surface area (Å²) in [6, 6.07) is 2.05. The third kappa shape index (κ3) is 3.43. The summed E-state index contributed by atoms with van der Waals surface area (Å²) in [5, 5.41) is 0. The molecule has 1 aromatic heterocycles. The average molecular weight is 243 g/mol. The topological polar surface area (TPSA) is 25.8 Å². The Bertz CT molecular complexity index is 266. The maximum Gasteiger partial charge on any atom is 0.125 e. The van der Waals surface area contributed by atoms with Gasteiger partial charge in [-0.1, -0.05) is 22.9 Å². The maximum absolute atomic E-state index is 4.38. The summed E-state index contributed by atoms with van der Waals surface area (Å²) >= 11 is 3.60. The van der Waals surface area contributed by atoms with Gasteiger partial charge in [0.15, 0.2) is 0 Å². The summed E-state index contributed by atoms with van der Waals surface area (Å²) < 4.78 is 0. The predicted octanol–water partition coefficient (Wildman–Crippen LogP) is 2.81. The molecule has 1 aromatic rings. The third-order valence-corrected chi connectivity index (χ3v) is 2.86. The fourth-order valence-corrected chi connectivity index (χ4v) is 1.60. The minimum atomic E-state index is 0.529. The van der Waals surface area contributed by atoms with E-state index in [1.165, 1.54) is 0 Å². The molecule has 0 spiro atoms. The molecule has 0 fully saturated rings. The van der Waals surface area contributed by atoms with E-state index in [9.17, 15) is 0 Å². The number of aromatic nitrogens is 2. The van der Waals surface area contributed by atoms with E-state index in [0.717, 1.165) is 30.1 Å². The third-order valence-electron chi connectivity index (χ3n) is 1.89. The molecule has 0 radical (unpaired) electrons. The van der Waals surface area contributed by atoms with Crippen molar-refractivity contribution in [3.8, 4) is 0 Å². The van der Waals surface area contributed by atoms with E-state index in [0.29, 0.717) is 4.83 Å². The zero-order chi connectivity index (χ0) is 9.84. The van der Waals surface area contributed by atoms with E-state index in [1.54, 1.807) is 0 Å². The normalized spacial score (nSPS) is 12.9. The van der Waals surface area contributed by atoms with E-state index < -0.39 is 0 Å². The Morgan fingerprint density at radius 1 is 1.38 bits per heavy atom. The molecule has 2 nitrogen and oxygen atoms in total. The van der Waals surface area contributed by atoms with E-state index >= 15 is 0 Å². The van der Waals surface area contributed by atoms with Crippen LogP contribution in [0, 0.1) is 13.8 Å². The first-order chi connectivity index (χ1) is 6.11. The lowest BCUT2D eigenvalue weighted by atomic mass is 10.2. The summed E-state index contributed by atoms with van der Waals surface area (Å²) in [5.74, 6) is 0.866. The quantitative estimate of drug-likeness (QED) is 0.763. The molecule has 0 saturated heterocycles. The van der Waals surface area contributed by atoms with Gasteiger partial charge in [0.25, 0.3) is 0 Å². The summed E-state index contributed by atoms with van der Waals surface area (Å²) in [6.07, 6.45) is 2.11. The zero-order valence-electron chi connectivity index (χ0n) is 8.34. The van der Waals surface area contributed by atoms with Gasteiger partial charge in [0.05, 0.1) is 0 Å². The number of halogens is 1. The maximum atomic E-state index is 4.38. The molecule has 0 saturated carbocycles. The Labute approximate surface area is 87.9 Å². The van der Waals surface area contributed by atoms with Crippen molar-refractivity contribution in [2.45, 2.75) is 38.4 Å². The van der Waals surface area contributed by atoms with Crippen LogP contribution < -0.4 is 0 Å². The number of hydrogen-bond acceptors (Lipinski definition) is 2. The Morgan fingerprint density at radius 3 is 2.62 bits per heavy atom. The Balaban J connectivity index is 2.77. The second-order valence-electron chi connectivity index (χ2n) is 3.26. The highest BCUT2D eigenvalue weighted by Gasteiger charge is 2.05. The summed E-state index contributed by atoms with van der Waals surface area (Å²) in [4.78, 5) is 9.15. The molecule has 1 unspecified atom stereocenters. The minimum absolute atomic E-state index is 0.529. The second-order valence-corrected chi connectivity index (χ2v) is 4.55. The molecular weight excluding hydrogens is 228 g/mol. The highest BCUT2D eigenvalue weighted by Crippen LogP contribution is 2.11. The van der Waals surface area contributed by atoms with Gasteiger partial charge in [-0.2, -0.15) is 0 Å². The monoisotopic (exact) mass is 242 g/mol. The van der Waals surface area contributed by atoms with Gasteiger partial charge in [-0.15, -0.1) is 0 Å². The van der Waals surface area contributed by atoms with E-state index in [-0.39, 0.29) is 0 Å². The number of hydrogen-bond donors (Lipinski definition) is 0. The van der Waals surface area contributed by atoms with Crippen molar-refractivity contribution < 1.29 is 0 Å². The molecule has 72 valence electrons. The van der Waals surface area contributed by atoms with Crippen molar-refractivity contribution >= 4 is 15.9 Å². The standard InChI is InChI=1S/C10H15BrN2/c1-4-9(11)6-10-5-7(2)12-8(3)13-10/h5,9H,4,6H2,1-3H3. The summed E-state index contributed by atoms with van der Waals surface area (Å²) in [6.45, 7) is 6.11. The molecule has 0 aromatic carbocycles. The zero-order valence-corrected chi connectivity index (χ0v) is 9.93. The SMILES string of the molecule is CCC(Br)Cc1cc(C)nc(C)n1. The Morgan fingerprint density at radius 2 is 2.08 bits per heavy atom. The fraction of sp³-hybridized carbons (Fsp3) is 0.600. The van der Waals surface area contributed by atoms with Gasteiger partial charge in [0.2, 0.25) is 0 Å². The molecule has 1 atom stereocenters. The number of aryl methyl sites for hydroxylation is 2. The van der Waals surface area contributed by atoms with Crippen LogP contribution in [0.3, 0.4) is 0 Å². The molecule has 0 aliphatic carbocycles. The molecule has 0 N–H and O–H groups in total. The molecular formula is C10H15BrN2. The van der Waals surface area contributed by atoms with Crippen molar-refractivity contribution in [2.75, 3.05) is 0 Å². The smallest absolute Gasteiger partial charge is 0.125 e. The predicted molar refractivity (Wildman–Crippen MR) is 58.2 cm³/mol. The Kier molecular flexibility index (Phi) is 3.85. The van der Waals surface area contributed by atoms with Gasteiger partial charge >= 0.3 is 0 Å². The lowest BCUT2D eigenvalue weighted by molar-refractivity contribution is 0.794. The average Bonchev–Trinajstić information content (AvgIpc) is 2.02. The number of rotatable bonds is 3. The van der Waals surface area contributed by atoms with Crippen LogP contribution in [0.25, 0.3) is 0 Å². The van der Waals surface area contributed by atoms with Crippen LogP contribution in [0.2, 0.25) is 0 Å². The number of nitrogens with zero attached hydrogens (tertiary/aromatic N) is 2. The van der Waals surface area contributed by atoms with Gasteiger partial charge in [-0.25, -0.2) is 9.97 Å². The number of alkyl halides is 1. The van der Waals surface area contributed by atoms with Crippen molar-refractivity contribution in [3.05, 3.63) is 23.3 Å². The molecule has 0 bridgehead atoms. The van der Waals surface area contributed by atoms with E-state index in [4.69, 9.17) is 0 Å². The molecule has 13 heavy (non-hydrogen) atoms. The highest BCUT2D eigenvalue weighted by molar-refractivity contribution is 9.09. The lowest BCUT2D eigenvalue weighted by Crippen LogP contribution is -2.05. The van der Waals surface area contributed by atoms with Crippen LogP contribution in [0.15, 0.2) is 6.07 Å². The fourth-order valence-electron chi connectivity index (χ4n) is 1.27.